The van der Waals surface area contributed by atoms with Crippen LogP contribution in [0.2, 0.25) is 0 Å². The normalized spacial score (nSPS) is 30.1. The van der Waals surface area contributed by atoms with Crippen molar-refractivity contribution in [1.82, 2.24) is 9.97 Å². The summed E-state index contributed by atoms with van der Waals surface area (Å²) in [6.45, 7) is 5.22. The van der Waals surface area contributed by atoms with Crippen LogP contribution in [-0.2, 0) is 0 Å². The van der Waals surface area contributed by atoms with Gasteiger partial charge in [-0.1, -0.05) is 13.8 Å². The summed E-state index contributed by atoms with van der Waals surface area (Å²) in [6.07, 6.45) is 5.30. The fraction of sp³-hybridized carbons (Fsp3) is 0.600. The second-order valence-electron chi connectivity index (χ2n) is 4.27. The molecule has 0 radical (unpaired) electrons. The third-order valence-corrected chi connectivity index (χ3v) is 3.21. The highest BCUT2D eigenvalue weighted by Crippen LogP contribution is 2.63. The van der Waals surface area contributed by atoms with Gasteiger partial charge < -0.3 is 5.73 Å². The van der Waals surface area contributed by atoms with Crippen molar-refractivity contribution in [1.29, 1.82) is 0 Å². The fourth-order valence-corrected chi connectivity index (χ4v) is 2.24. The molecule has 1 heterocycles. The molecule has 0 amide bonds. The van der Waals surface area contributed by atoms with E-state index in [0.717, 1.165) is 12.2 Å². The Morgan fingerprint density at radius 2 is 2.23 bits per heavy atom. The van der Waals surface area contributed by atoms with Crippen molar-refractivity contribution in [3.05, 3.63) is 24.3 Å². The summed E-state index contributed by atoms with van der Waals surface area (Å²) >= 11 is 0. The molecule has 0 aromatic carbocycles. The lowest BCUT2D eigenvalue weighted by Crippen LogP contribution is -2.05. The van der Waals surface area contributed by atoms with Gasteiger partial charge in [-0.25, -0.2) is 0 Å². The largest absolute Gasteiger partial charge is 0.330 e. The van der Waals surface area contributed by atoms with E-state index in [4.69, 9.17) is 5.73 Å². The summed E-state index contributed by atoms with van der Waals surface area (Å²) in [4.78, 5) is 8.39. The molecule has 0 saturated heterocycles. The molecule has 1 aliphatic rings. The number of rotatable bonds is 2. The molecule has 0 aliphatic heterocycles. The molecule has 3 nitrogen and oxygen atoms in total. The molecule has 0 spiro atoms. The molecule has 0 bridgehead atoms. The Labute approximate surface area is 78.4 Å². The molecule has 13 heavy (non-hydrogen) atoms. The Bertz CT molecular complexity index is 294. The predicted octanol–water partition coefficient (Wildman–Crippen LogP) is 1.17. The molecule has 1 aliphatic carbocycles. The zero-order chi connectivity index (χ0) is 9.47. The van der Waals surface area contributed by atoms with E-state index in [1.54, 1.807) is 12.4 Å². The van der Waals surface area contributed by atoms with Crippen LogP contribution in [0.25, 0.3) is 0 Å². The average molecular weight is 177 g/mol. The Hall–Kier alpha value is -0.960. The van der Waals surface area contributed by atoms with Gasteiger partial charge in [0.05, 0.1) is 5.69 Å². The van der Waals surface area contributed by atoms with Crippen LogP contribution in [0.15, 0.2) is 18.6 Å². The quantitative estimate of drug-likeness (QED) is 0.738. The van der Waals surface area contributed by atoms with Crippen LogP contribution in [0.4, 0.5) is 0 Å². The maximum Gasteiger partial charge on any atom is 0.0626 e. The number of nitrogens with zero attached hydrogens (tertiary/aromatic N) is 2. The van der Waals surface area contributed by atoms with Crippen LogP contribution in [0.5, 0.6) is 0 Å². The van der Waals surface area contributed by atoms with Crippen molar-refractivity contribution in [2.75, 3.05) is 6.54 Å². The van der Waals surface area contributed by atoms with Crippen molar-refractivity contribution < 1.29 is 0 Å². The summed E-state index contributed by atoms with van der Waals surface area (Å²) < 4.78 is 0. The van der Waals surface area contributed by atoms with E-state index in [1.165, 1.54) is 0 Å². The van der Waals surface area contributed by atoms with Crippen LogP contribution >= 0.6 is 0 Å². The van der Waals surface area contributed by atoms with Gasteiger partial charge in [0.2, 0.25) is 0 Å². The van der Waals surface area contributed by atoms with Gasteiger partial charge >= 0.3 is 0 Å². The topological polar surface area (TPSA) is 51.8 Å². The van der Waals surface area contributed by atoms with Crippen molar-refractivity contribution in [2.24, 2.45) is 17.1 Å². The number of nitrogens with two attached hydrogens (primary N) is 1. The minimum Gasteiger partial charge on any atom is -0.330 e. The summed E-state index contributed by atoms with van der Waals surface area (Å²) in [7, 11) is 0. The van der Waals surface area contributed by atoms with Crippen LogP contribution < -0.4 is 5.73 Å². The van der Waals surface area contributed by atoms with E-state index in [2.05, 4.69) is 23.8 Å². The SMILES string of the molecule is CC1(C)C(CN)C1c1cnccn1. The summed E-state index contributed by atoms with van der Waals surface area (Å²) in [6, 6.07) is 0. The first-order valence-electron chi connectivity index (χ1n) is 4.64. The van der Waals surface area contributed by atoms with Gasteiger partial charge in [-0.3, -0.25) is 9.97 Å². The van der Waals surface area contributed by atoms with E-state index in [1.807, 2.05) is 6.20 Å². The Balaban J connectivity index is 2.22. The summed E-state index contributed by atoms with van der Waals surface area (Å²) in [5.41, 5.74) is 7.09. The first kappa shape index (κ1) is 8.63. The van der Waals surface area contributed by atoms with E-state index in [9.17, 15) is 0 Å². The highest BCUT2D eigenvalue weighted by atomic mass is 14.8. The van der Waals surface area contributed by atoms with Gasteiger partial charge in [-0.15, -0.1) is 0 Å². The van der Waals surface area contributed by atoms with Crippen molar-refractivity contribution in [3.8, 4) is 0 Å². The van der Waals surface area contributed by atoms with Gasteiger partial charge in [0.15, 0.2) is 0 Å². The summed E-state index contributed by atoms with van der Waals surface area (Å²) in [5.74, 6) is 1.08. The van der Waals surface area contributed by atoms with Gasteiger partial charge in [0.1, 0.15) is 0 Å². The van der Waals surface area contributed by atoms with Crippen LogP contribution in [0.3, 0.4) is 0 Å². The highest BCUT2D eigenvalue weighted by molar-refractivity contribution is 5.24. The molecule has 2 unspecified atom stereocenters. The molecule has 2 atom stereocenters. The Kier molecular flexibility index (Phi) is 1.84. The molecular weight excluding hydrogens is 162 g/mol. The number of aromatic nitrogens is 2. The zero-order valence-corrected chi connectivity index (χ0v) is 8.07. The van der Waals surface area contributed by atoms with E-state index in [-0.39, 0.29) is 0 Å². The van der Waals surface area contributed by atoms with Crippen molar-refractivity contribution in [3.63, 3.8) is 0 Å². The van der Waals surface area contributed by atoms with Gasteiger partial charge in [-0.05, 0) is 17.9 Å². The minimum absolute atomic E-state index is 0.310. The molecule has 2 N–H and O–H groups in total. The molecule has 3 heteroatoms. The van der Waals surface area contributed by atoms with E-state index >= 15 is 0 Å². The number of hydrogen-bond donors (Lipinski definition) is 1. The van der Waals surface area contributed by atoms with Crippen molar-refractivity contribution in [2.45, 2.75) is 19.8 Å². The molecule has 1 saturated carbocycles. The van der Waals surface area contributed by atoms with Crippen LogP contribution in [0.1, 0.15) is 25.5 Å². The fourth-order valence-electron chi connectivity index (χ4n) is 2.24. The molecule has 1 fully saturated rings. The van der Waals surface area contributed by atoms with E-state index < -0.39 is 0 Å². The Morgan fingerprint density at radius 1 is 1.46 bits per heavy atom. The first-order valence-corrected chi connectivity index (χ1v) is 4.64. The van der Waals surface area contributed by atoms with E-state index in [0.29, 0.717) is 17.3 Å². The minimum atomic E-state index is 0.310. The zero-order valence-electron chi connectivity index (χ0n) is 8.07. The molecule has 70 valence electrons. The highest BCUT2D eigenvalue weighted by Gasteiger charge is 2.58. The maximum absolute atomic E-state index is 5.69. The second-order valence-corrected chi connectivity index (χ2v) is 4.27. The van der Waals surface area contributed by atoms with Crippen LogP contribution in [-0.4, -0.2) is 16.5 Å². The molecule has 1 aromatic heterocycles. The standard InChI is InChI=1S/C10H15N3/c1-10(2)7(5-11)9(10)8-6-12-3-4-13-8/h3-4,6-7,9H,5,11H2,1-2H3. The Morgan fingerprint density at radius 3 is 2.69 bits per heavy atom. The first-order chi connectivity index (χ1) is 6.18. The number of hydrogen-bond acceptors (Lipinski definition) is 3. The lowest BCUT2D eigenvalue weighted by molar-refractivity contribution is 0.557. The maximum atomic E-state index is 5.69. The van der Waals surface area contributed by atoms with Crippen molar-refractivity contribution >= 4 is 0 Å². The van der Waals surface area contributed by atoms with Gasteiger partial charge in [-0.2, -0.15) is 0 Å². The molecule has 1 aromatic rings. The van der Waals surface area contributed by atoms with Gasteiger partial charge in [0.25, 0.3) is 0 Å². The van der Waals surface area contributed by atoms with Crippen LogP contribution in [0, 0.1) is 11.3 Å². The third-order valence-electron chi connectivity index (χ3n) is 3.21. The lowest BCUT2D eigenvalue weighted by Gasteiger charge is -2.00. The van der Waals surface area contributed by atoms with Gasteiger partial charge in [0, 0.05) is 24.5 Å². The predicted molar refractivity (Wildman–Crippen MR) is 51.1 cm³/mol. The lowest BCUT2D eigenvalue weighted by atomic mass is 10.1. The second kappa shape index (κ2) is 2.77. The summed E-state index contributed by atoms with van der Waals surface area (Å²) in [5, 5.41) is 0. The monoisotopic (exact) mass is 177 g/mol. The molecular formula is C10H15N3. The average Bonchev–Trinajstić information content (AvgIpc) is 2.69. The molecule has 2 rings (SSSR count). The third kappa shape index (κ3) is 1.23. The smallest absolute Gasteiger partial charge is 0.0626 e.